The van der Waals surface area contributed by atoms with E-state index in [9.17, 15) is 4.79 Å². The maximum absolute atomic E-state index is 11.0. The number of esters is 1. The van der Waals surface area contributed by atoms with Crippen molar-refractivity contribution >= 4 is 17.6 Å². The molecular formula is C19H17N3O3. The van der Waals surface area contributed by atoms with Crippen molar-refractivity contribution in [2.75, 3.05) is 12.4 Å². The molecule has 0 saturated carbocycles. The Bertz CT molecular complexity index is 862. The predicted octanol–water partition coefficient (Wildman–Crippen LogP) is 3.82. The van der Waals surface area contributed by atoms with Crippen molar-refractivity contribution < 1.29 is 14.3 Å². The summed E-state index contributed by atoms with van der Waals surface area (Å²) >= 11 is 0. The Balaban J connectivity index is 1.73. The number of hydrogen-bond donors (Lipinski definition) is 1. The monoisotopic (exact) mass is 335 g/mol. The first kappa shape index (κ1) is 16.4. The molecule has 0 radical (unpaired) electrons. The molecule has 0 fully saturated rings. The summed E-state index contributed by atoms with van der Waals surface area (Å²) in [7, 11) is 1.63. The third kappa shape index (κ3) is 4.32. The Kier molecular flexibility index (Phi) is 4.89. The minimum absolute atomic E-state index is 0.364. The lowest BCUT2D eigenvalue weighted by Gasteiger charge is -2.08. The van der Waals surface area contributed by atoms with Gasteiger partial charge in [-0.05, 0) is 29.8 Å². The molecule has 1 N–H and O–H groups in total. The van der Waals surface area contributed by atoms with Crippen LogP contribution in [0.1, 0.15) is 6.92 Å². The topological polar surface area (TPSA) is 73.3 Å². The van der Waals surface area contributed by atoms with Gasteiger partial charge in [0.2, 0.25) is 5.95 Å². The van der Waals surface area contributed by atoms with Gasteiger partial charge in [-0.15, -0.1) is 0 Å². The van der Waals surface area contributed by atoms with Crippen molar-refractivity contribution in [3.8, 4) is 22.6 Å². The molecule has 0 spiro atoms. The first-order valence-electron chi connectivity index (χ1n) is 7.66. The van der Waals surface area contributed by atoms with Crippen LogP contribution in [0, 0.1) is 0 Å². The zero-order valence-corrected chi connectivity index (χ0v) is 13.9. The van der Waals surface area contributed by atoms with E-state index >= 15 is 0 Å². The second kappa shape index (κ2) is 7.44. The van der Waals surface area contributed by atoms with Crippen LogP contribution in [0.4, 0.5) is 11.6 Å². The zero-order valence-electron chi connectivity index (χ0n) is 13.9. The summed E-state index contributed by atoms with van der Waals surface area (Å²) in [6.07, 6.45) is 3.49. The Morgan fingerprint density at radius 2 is 1.68 bits per heavy atom. The van der Waals surface area contributed by atoms with Gasteiger partial charge in [0.25, 0.3) is 0 Å². The number of benzene rings is 2. The number of carbonyl (C=O) groups is 1. The quantitative estimate of drug-likeness (QED) is 0.564. The number of rotatable bonds is 5. The predicted molar refractivity (Wildman–Crippen MR) is 95.1 cm³/mol. The summed E-state index contributed by atoms with van der Waals surface area (Å²) in [6.45, 7) is 1.36. The number of aromatic nitrogens is 2. The van der Waals surface area contributed by atoms with Gasteiger partial charge in [-0.2, -0.15) is 0 Å². The highest BCUT2D eigenvalue weighted by Crippen LogP contribution is 2.23. The zero-order chi connectivity index (χ0) is 17.6. The lowest BCUT2D eigenvalue weighted by molar-refractivity contribution is -0.131. The number of anilines is 2. The molecule has 0 atom stereocenters. The fourth-order valence-corrected chi connectivity index (χ4v) is 2.26. The Morgan fingerprint density at radius 3 is 2.32 bits per heavy atom. The van der Waals surface area contributed by atoms with Crippen molar-refractivity contribution in [3.05, 3.63) is 60.9 Å². The second-order valence-corrected chi connectivity index (χ2v) is 5.27. The summed E-state index contributed by atoms with van der Waals surface area (Å²) in [5.41, 5.74) is 2.64. The van der Waals surface area contributed by atoms with Gasteiger partial charge in [0.15, 0.2) is 0 Å². The van der Waals surface area contributed by atoms with Crippen LogP contribution in [-0.4, -0.2) is 23.0 Å². The van der Waals surface area contributed by atoms with Crippen LogP contribution in [0.3, 0.4) is 0 Å². The first-order valence-corrected chi connectivity index (χ1v) is 7.66. The van der Waals surface area contributed by atoms with Gasteiger partial charge in [0.1, 0.15) is 11.5 Å². The lowest BCUT2D eigenvalue weighted by Crippen LogP contribution is -2.02. The third-order valence-electron chi connectivity index (χ3n) is 3.43. The van der Waals surface area contributed by atoms with Crippen molar-refractivity contribution in [2.45, 2.75) is 6.92 Å². The molecule has 126 valence electrons. The maximum atomic E-state index is 11.0. The fourth-order valence-electron chi connectivity index (χ4n) is 2.26. The van der Waals surface area contributed by atoms with Gasteiger partial charge in [0, 0.05) is 36.6 Å². The maximum Gasteiger partial charge on any atom is 0.308 e. The van der Waals surface area contributed by atoms with E-state index in [1.54, 1.807) is 37.7 Å². The van der Waals surface area contributed by atoms with Gasteiger partial charge < -0.3 is 14.8 Å². The molecular weight excluding hydrogens is 318 g/mol. The Hall–Kier alpha value is -3.41. The van der Waals surface area contributed by atoms with Crippen molar-refractivity contribution in [2.24, 2.45) is 0 Å². The summed E-state index contributed by atoms with van der Waals surface area (Å²) in [5.74, 6) is 1.36. The summed E-state index contributed by atoms with van der Waals surface area (Å²) in [5, 5.41) is 3.08. The molecule has 0 unspecified atom stereocenters. The number of carbonyl (C=O) groups excluding carboxylic acids is 1. The van der Waals surface area contributed by atoms with E-state index in [-0.39, 0.29) is 5.97 Å². The molecule has 25 heavy (non-hydrogen) atoms. The largest absolute Gasteiger partial charge is 0.497 e. The van der Waals surface area contributed by atoms with Crippen LogP contribution in [0.5, 0.6) is 11.5 Å². The Morgan fingerprint density at radius 1 is 0.960 bits per heavy atom. The number of nitrogens with one attached hydrogen (secondary N) is 1. The van der Waals surface area contributed by atoms with E-state index in [0.29, 0.717) is 11.7 Å². The highest BCUT2D eigenvalue weighted by Gasteiger charge is 2.04. The molecule has 3 aromatic rings. The summed E-state index contributed by atoms with van der Waals surface area (Å²) in [4.78, 5) is 19.7. The molecule has 0 amide bonds. The molecule has 6 heteroatoms. The molecule has 0 saturated heterocycles. The van der Waals surface area contributed by atoms with Gasteiger partial charge >= 0.3 is 5.97 Å². The standard InChI is InChI=1S/C19H17N3O3/c1-13(23)25-18-5-3-4-16(10-18)22-19-20-11-15(12-21-19)14-6-8-17(24-2)9-7-14/h3-12H,1-2H3,(H,20,21,22). The summed E-state index contributed by atoms with van der Waals surface area (Å²) in [6, 6.07) is 14.7. The second-order valence-electron chi connectivity index (χ2n) is 5.27. The number of nitrogens with zero attached hydrogens (tertiary/aromatic N) is 2. The van der Waals surface area contributed by atoms with Crippen LogP contribution >= 0.6 is 0 Å². The average molecular weight is 335 g/mol. The lowest BCUT2D eigenvalue weighted by atomic mass is 10.1. The van der Waals surface area contributed by atoms with E-state index in [2.05, 4.69) is 15.3 Å². The Labute approximate surface area is 145 Å². The molecule has 0 bridgehead atoms. The number of hydrogen-bond acceptors (Lipinski definition) is 6. The normalized spacial score (nSPS) is 10.2. The van der Waals surface area contributed by atoms with Gasteiger partial charge in [0.05, 0.1) is 7.11 Å². The molecule has 1 aromatic heterocycles. The van der Waals surface area contributed by atoms with Gasteiger partial charge in [-0.3, -0.25) is 4.79 Å². The minimum atomic E-state index is -0.364. The van der Waals surface area contributed by atoms with Crippen LogP contribution in [0.15, 0.2) is 60.9 Å². The molecule has 2 aromatic carbocycles. The minimum Gasteiger partial charge on any atom is -0.497 e. The van der Waals surface area contributed by atoms with Crippen LogP contribution in [0.2, 0.25) is 0 Å². The molecule has 6 nitrogen and oxygen atoms in total. The average Bonchev–Trinajstić information content (AvgIpc) is 2.62. The summed E-state index contributed by atoms with van der Waals surface area (Å²) < 4.78 is 10.2. The molecule has 1 heterocycles. The smallest absolute Gasteiger partial charge is 0.308 e. The van der Waals surface area contributed by atoms with Gasteiger partial charge in [-0.25, -0.2) is 9.97 Å². The number of ether oxygens (including phenoxy) is 2. The van der Waals surface area contributed by atoms with Gasteiger partial charge in [-0.1, -0.05) is 18.2 Å². The van der Waals surface area contributed by atoms with E-state index in [4.69, 9.17) is 9.47 Å². The van der Waals surface area contributed by atoms with Crippen LogP contribution in [-0.2, 0) is 4.79 Å². The highest BCUT2D eigenvalue weighted by atomic mass is 16.5. The first-order chi connectivity index (χ1) is 12.1. The number of methoxy groups -OCH3 is 1. The third-order valence-corrected chi connectivity index (χ3v) is 3.43. The highest BCUT2D eigenvalue weighted by molar-refractivity contribution is 5.70. The van der Waals surface area contributed by atoms with Crippen LogP contribution in [0.25, 0.3) is 11.1 Å². The molecule has 0 aliphatic heterocycles. The molecule has 3 rings (SSSR count). The van der Waals surface area contributed by atoms with Crippen molar-refractivity contribution in [1.29, 1.82) is 0 Å². The van der Waals surface area contributed by atoms with Crippen molar-refractivity contribution in [3.63, 3.8) is 0 Å². The fraction of sp³-hybridized carbons (Fsp3) is 0.105. The van der Waals surface area contributed by atoms with E-state index in [1.807, 2.05) is 30.3 Å². The van der Waals surface area contributed by atoms with Crippen LogP contribution < -0.4 is 14.8 Å². The van der Waals surface area contributed by atoms with E-state index in [1.165, 1.54) is 6.92 Å². The van der Waals surface area contributed by atoms with E-state index in [0.717, 1.165) is 22.6 Å². The van der Waals surface area contributed by atoms with Crippen molar-refractivity contribution in [1.82, 2.24) is 9.97 Å². The van der Waals surface area contributed by atoms with E-state index < -0.39 is 0 Å². The molecule has 0 aliphatic rings. The molecule has 0 aliphatic carbocycles. The SMILES string of the molecule is COc1ccc(-c2cnc(Nc3cccc(OC(C)=O)c3)nc2)cc1.